The maximum atomic E-state index is 15.4. The largest absolute Gasteiger partial charge is 0.493 e. The highest BCUT2D eigenvalue weighted by Gasteiger charge is 2.46. The molecule has 20 heteroatoms. The number of amides is 4. The Morgan fingerprint density at radius 2 is 1.35 bits per heavy atom. The fraction of sp³-hybridized carbons (Fsp3) is 0.493. The van der Waals surface area contributed by atoms with Crippen molar-refractivity contribution < 1.29 is 66.8 Å². The molecule has 1 unspecified atom stereocenters. The SMILES string of the molecule is COc1ccc(CC[C@H]2OC(=O)[C@@H]3CCCCN3C(=O)C(=O)C(C)(C)COC(=O)C=CCCN(C)NC(c3ccccc3)C(=O)N(C)[C@@H]([C@@H](C)c3ccccc3)C(=O)N3CCC[C@@H]3C(=O)N(C)[C@@H](CC(C)C)C(=O)C(=O)CCOc3cccc2c3)cc1OC. The number of hydrogen-bond acceptors (Lipinski definition) is 16. The van der Waals surface area contributed by atoms with Gasteiger partial charge in [0, 0.05) is 59.2 Å². The van der Waals surface area contributed by atoms with Crippen LogP contribution in [-0.4, -0.2) is 170 Å². The van der Waals surface area contributed by atoms with E-state index in [2.05, 4.69) is 5.43 Å². The minimum Gasteiger partial charge on any atom is -0.493 e. The molecule has 4 aromatic rings. The van der Waals surface area contributed by atoms with Crippen LogP contribution in [0.4, 0.5) is 0 Å². The van der Waals surface area contributed by atoms with Gasteiger partial charge in [-0.05, 0) is 124 Å². The van der Waals surface area contributed by atoms with Gasteiger partial charge >= 0.3 is 11.9 Å². The molecule has 4 aromatic carbocycles. The highest BCUT2D eigenvalue weighted by molar-refractivity contribution is 6.39. The summed E-state index contributed by atoms with van der Waals surface area (Å²) in [6.45, 7) is 8.62. The van der Waals surface area contributed by atoms with E-state index in [0.717, 1.165) is 11.1 Å². The number of ketones is 3. The first-order chi connectivity index (χ1) is 42.5. The van der Waals surface area contributed by atoms with E-state index in [1.807, 2.05) is 69.3 Å². The van der Waals surface area contributed by atoms with Crippen LogP contribution in [0.5, 0.6) is 17.2 Å². The lowest BCUT2D eigenvalue weighted by Gasteiger charge is -2.39. The molecule has 89 heavy (non-hydrogen) atoms. The molecule has 0 radical (unpaired) electrons. The number of benzene rings is 4. The Kier molecular flexibility index (Phi) is 24.4. The summed E-state index contributed by atoms with van der Waals surface area (Å²) in [6.07, 6.45) is 4.82. The second kappa shape index (κ2) is 31.8. The van der Waals surface area contributed by atoms with Crippen molar-refractivity contribution in [2.75, 3.05) is 68.2 Å². The summed E-state index contributed by atoms with van der Waals surface area (Å²) < 4.78 is 29.1. The maximum absolute atomic E-state index is 15.4. The molecule has 0 saturated carbocycles. The van der Waals surface area contributed by atoms with E-state index in [1.165, 1.54) is 60.8 Å². The fourth-order valence-corrected chi connectivity index (χ4v) is 11.8. The van der Waals surface area contributed by atoms with E-state index >= 15 is 9.59 Å². The fourth-order valence-electron chi connectivity index (χ4n) is 11.8. The Bertz CT molecular complexity index is 3170. The molecule has 1 N–H and O–H groups in total. The third-order valence-electron chi connectivity index (χ3n) is 17.0. The van der Waals surface area contributed by atoms with E-state index in [0.29, 0.717) is 73.4 Å². The van der Waals surface area contributed by atoms with Gasteiger partial charge < -0.3 is 43.3 Å². The summed E-state index contributed by atoms with van der Waals surface area (Å²) >= 11 is 0. The molecular weight excluding hydrogens is 1140 g/mol. The van der Waals surface area contributed by atoms with Gasteiger partial charge in [-0.25, -0.2) is 20.0 Å². The molecule has 478 valence electrons. The normalized spacial score (nSPS) is 23.6. The van der Waals surface area contributed by atoms with Gasteiger partial charge in [0.25, 0.3) is 5.91 Å². The number of carbonyl (C=O) groups excluding carboxylic acids is 9. The molecule has 3 aliphatic rings. The predicted molar refractivity (Wildman–Crippen MR) is 333 cm³/mol. The van der Waals surface area contributed by atoms with Crippen LogP contribution in [-0.2, 0) is 59.0 Å². The Hall–Kier alpha value is -8.23. The van der Waals surface area contributed by atoms with Gasteiger partial charge in [-0.15, -0.1) is 0 Å². The topological polar surface area (TPSA) is 228 Å². The lowest BCUT2D eigenvalue weighted by Crippen LogP contribution is -2.58. The van der Waals surface area contributed by atoms with E-state index < -0.39 is 107 Å². The Labute approximate surface area is 523 Å². The number of nitrogens with one attached hydrogen (secondary N) is 1. The first kappa shape index (κ1) is 68.3. The minimum atomic E-state index is -1.48. The molecule has 0 aromatic heterocycles. The zero-order valence-corrected chi connectivity index (χ0v) is 53.1. The number of hydrazine groups is 1. The lowest BCUT2D eigenvalue weighted by molar-refractivity contribution is -0.165. The number of Topliss-reactive ketones (excluding diaryl/α,β-unsaturated/α-hetero) is 3. The number of esters is 2. The molecule has 2 saturated heterocycles. The molecule has 0 aliphatic carbocycles. The number of fused-ring (bicyclic) bond motifs is 4. The van der Waals surface area contributed by atoms with E-state index in [9.17, 15) is 33.6 Å². The molecule has 2 fully saturated rings. The molecule has 7 atom stereocenters. The van der Waals surface area contributed by atoms with Crippen molar-refractivity contribution in [3.05, 3.63) is 138 Å². The second-order valence-corrected chi connectivity index (χ2v) is 24.4. The van der Waals surface area contributed by atoms with Gasteiger partial charge in [0.05, 0.1) is 32.3 Å². The van der Waals surface area contributed by atoms with Gasteiger partial charge in [0.2, 0.25) is 35.1 Å². The molecular formula is C69H88N6O14. The molecule has 2 bridgehead atoms. The first-order valence-corrected chi connectivity index (χ1v) is 30.9. The third-order valence-corrected chi connectivity index (χ3v) is 17.0. The minimum absolute atomic E-state index is 0.113. The summed E-state index contributed by atoms with van der Waals surface area (Å²) in [5, 5.41) is 1.70. The summed E-state index contributed by atoms with van der Waals surface area (Å²) in [5.41, 5.74) is 4.61. The molecule has 3 heterocycles. The van der Waals surface area contributed by atoms with E-state index in [1.54, 1.807) is 79.8 Å². The first-order valence-electron chi connectivity index (χ1n) is 30.9. The maximum Gasteiger partial charge on any atom is 0.330 e. The Balaban J connectivity index is 1.21. The van der Waals surface area contributed by atoms with Crippen LogP contribution in [0.25, 0.3) is 0 Å². The highest BCUT2D eigenvalue weighted by Crippen LogP contribution is 2.35. The monoisotopic (exact) mass is 1220 g/mol. The molecule has 3 aliphatic heterocycles. The molecule has 4 amide bonds. The van der Waals surface area contributed by atoms with Crippen molar-refractivity contribution in [2.45, 2.75) is 141 Å². The lowest BCUT2D eigenvalue weighted by atomic mass is 9.87. The number of carbonyl (C=O) groups is 9. The number of nitrogens with zero attached hydrogens (tertiary/aromatic N) is 5. The van der Waals surface area contributed by atoms with Crippen molar-refractivity contribution in [2.24, 2.45) is 11.3 Å². The number of hydrogen-bond donors (Lipinski definition) is 1. The highest BCUT2D eigenvalue weighted by atomic mass is 16.5. The van der Waals surface area contributed by atoms with Crippen LogP contribution in [0.1, 0.15) is 133 Å². The van der Waals surface area contributed by atoms with Gasteiger partial charge in [-0.1, -0.05) is 106 Å². The number of cyclic esters (lactones) is 2. The molecule has 20 nitrogen and oxygen atoms in total. The van der Waals surface area contributed by atoms with Crippen LogP contribution >= 0.6 is 0 Å². The van der Waals surface area contributed by atoms with E-state index in [4.69, 9.17) is 23.7 Å². The van der Waals surface area contributed by atoms with Crippen molar-refractivity contribution in [1.29, 1.82) is 0 Å². The summed E-state index contributed by atoms with van der Waals surface area (Å²) in [4.78, 5) is 136. The van der Waals surface area contributed by atoms with Crippen LogP contribution in [0.15, 0.2) is 115 Å². The second-order valence-electron chi connectivity index (χ2n) is 24.4. The van der Waals surface area contributed by atoms with Crippen LogP contribution in [0.3, 0.4) is 0 Å². The quantitative estimate of drug-likeness (QED) is 0.117. The van der Waals surface area contributed by atoms with Gasteiger partial charge in [-0.3, -0.25) is 33.6 Å². The van der Waals surface area contributed by atoms with Gasteiger partial charge in [-0.2, -0.15) is 0 Å². The van der Waals surface area contributed by atoms with Crippen molar-refractivity contribution in [3.63, 3.8) is 0 Å². The Morgan fingerprint density at radius 3 is 2.04 bits per heavy atom. The van der Waals surface area contributed by atoms with Crippen LogP contribution < -0.4 is 19.6 Å². The predicted octanol–water partition coefficient (Wildman–Crippen LogP) is 7.98. The Morgan fingerprint density at radius 1 is 0.674 bits per heavy atom. The zero-order chi connectivity index (χ0) is 64.5. The summed E-state index contributed by atoms with van der Waals surface area (Å²) in [7, 11) is 7.89. The van der Waals surface area contributed by atoms with Gasteiger partial charge in [0.15, 0.2) is 11.5 Å². The number of rotatable bonds is 10. The van der Waals surface area contributed by atoms with Crippen molar-refractivity contribution >= 4 is 52.9 Å². The number of methoxy groups -OCH3 is 2. The third kappa shape index (κ3) is 17.6. The van der Waals surface area contributed by atoms with Crippen molar-refractivity contribution in [3.8, 4) is 17.2 Å². The number of ether oxygens (including phenoxy) is 5. The van der Waals surface area contributed by atoms with Crippen molar-refractivity contribution in [1.82, 2.24) is 30.0 Å². The smallest absolute Gasteiger partial charge is 0.330 e. The summed E-state index contributed by atoms with van der Waals surface area (Å²) in [6, 6.07) is 25.3. The number of piperidine rings is 1. The van der Waals surface area contributed by atoms with Crippen LogP contribution in [0.2, 0.25) is 0 Å². The zero-order valence-electron chi connectivity index (χ0n) is 53.1. The number of aryl methyl sites for hydroxylation is 1. The standard InChI is InChI=1S/C69H88N6O14/c1-45(2)41-54-62(78)55(76)36-40-87-51-28-21-27-50(43-51)56(34-32-47-33-35-57(85-9)58(42-47)86-10)89-68(84)53-29-17-20-38-75(53)67(83)63(79)69(4,5)44-88-59(77)31-18-19-37-71(6)70-60(49-25-15-12-16-26-49)65(81)73(8)61(46(3)48-23-13-11-14-24-48)66(82)74-39-22-30-52(74)64(80)72(54)7/h11-16,18,21,23-28,31,33,35,42-43,45-46,52-54,56,60-61,70H,17,19-20,22,29-30,32,34,36-41,44H2,1-10H3/t46-,52+,53-,54-,56+,60?,61-/m0/s1. The van der Waals surface area contributed by atoms with Crippen LogP contribution in [0, 0.1) is 11.3 Å². The van der Waals surface area contributed by atoms with Gasteiger partial charge in [0.1, 0.15) is 42.6 Å². The average Bonchev–Trinajstić information content (AvgIpc) is 2.63. The average molecular weight is 1230 g/mol. The molecule has 7 rings (SSSR count). The van der Waals surface area contributed by atoms with E-state index in [-0.39, 0.29) is 51.3 Å². The summed E-state index contributed by atoms with van der Waals surface area (Å²) in [5.74, 6) is -5.48. The number of likely N-dealkylation sites (N-methyl/N-ethyl adjacent to an activating group) is 2. The molecule has 0 spiro atoms.